The Morgan fingerprint density at radius 3 is 2.82 bits per heavy atom. The third-order valence-corrected chi connectivity index (χ3v) is 3.96. The smallest absolute Gasteiger partial charge is 0.131 e. The monoisotopic (exact) mass is 253 g/mol. The minimum absolute atomic E-state index is 0.370. The van der Waals surface area contributed by atoms with Crippen molar-refractivity contribution in [3.8, 4) is 0 Å². The molecule has 1 aromatic heterocycles. The molecule has 0 unspecified atom stereocenters. The fourth-order valence-electron chi connectivity index (χ4n) is 2.73. The highest BCUT2D eigenvalue weighted by Gasteiger charge is 2.24. The molecular weight excluding hydrogens is 238 g/mol. The summed E-state index contributed by atoms with van der Waals surface area (Å²) in [7, 11) is 0. The highest BCUT2D eigenvalue weighted by Crippen LogP contribution is 2.32. The molecule has 0 atom stereocenters. The molecule has 5 heteroatoms. The quantitative estimate of drug-likeness (QED) is 0.782. The van der Waals surface area contributed by atoms with Crippen LogP contribution in [0.4, 0.5) is 0 Å². The lowest BCUT2D eigenvalue weighted by atomic mass is 9.95. The number of hydrogen-bond donors (Lipinski definition) is 1. The second kappa shape index (κ2) is 4.35. The van der Waals surface area contributed by atoms with Gasteiger partial charge in [0.25, 0.3) is 0 Å². The first kappa shape index (κ1) is 11.1. The van der Waals surface area contributed by atoms with Crippen molar-refractivity contribution < 1.29 is 5.21 Å². The lowest BCUT2D eigenvalue weighted by Gasteiger charge is -2.26. The standard InChI is InChI=1S/C12H16ClN3O/c13-12-6-11-9(8-15(12)17)7-14-16(11)10-4-2-1-3-5-10/h6-7,10,17H,1-5,8H2. The van der Waals surface area contributed by atoms with Crippen molar-refractivity contribution in [2.45, 2.75) is 44.7 Å². The Kier molecular flexibility index (Phi) is 2.84. The van der Waals surface area contributed by atoms with Crippen molar-refractivity contribution in [1.82, 2.24) is 14.8 Å². The zero-order valence-electron chi connectivity index (χ0n) is 9.64. The summed E-state index contributed by atoms with van der Waals surface area (Å²) in [6, 6.07) is 0.499. The van der Waals surface area contributed by atoms with Crippen molar-refractivity contribution in [3.63, 3.8) is 0 Å². The highest BCUT2D eigenvalue weighted by molar-refractivity contribution is 6.31. The predicted octanol–water partition coefficient (Wildman–Crippen LogP) is 3.13. The Labute approximate surface area is 105 Å². The molecule has 1 saturated carbocycles. The summed E-state index contributed by atoms with van der Waals surface area (Å²) in [5.41, 5.74) is 2.11. The summed E-state index contributed by atoms with van der Waals surface area (Å²) in [6.45, 7) is 0.428. The third-order valence-electron chi connectivity index (χ3n) is 3.66. The van der Waals surface area contributed by atoms with Gasteiger partial charge in [-0.25, -0.2) is 5.06 Å². The Balaban J connectivity index is 1.94. The number of aromatic nitrogens is 2. The maximum absolute atomic E-state index is 9.54. The molecule has 0 saturated heterocycles. The van der Waals surface area contributed by atoms with E-state index in [2.05, 4.69) is 9.78 Å². The molecule has 1 aliphatic carbocycles. The summed E-state index contributed by atoms with van der Waals surface area (Å²) >= 11 is 5.96. The summed E-state index contributed by atoms with van der Waals surface area (Å²) in [4.78, 5) is 0. The highest BCUT2D eigenvalue weighted by atomic mass is 35.5. The summed E-state index contributed by atoms with van der Waals surface area (Å²) in [5, 5.41) is 15.4. The first-order chi connectivity index (χ1) is 8.25. The number of rotatable bonds is 1. The number of fused-ring (bicyclic) bond motifs is 1. The molecule has 1 aromatic rings. The first-order valence-corrected chi connectivity index (χ1v) is 6.53. The average Bonchev–Trinajstić information content (AvgIpc) is 2.74. The Morgan fingerprint density at radius 2 is 2.06 bits per heavy atom. The van der Waals surface area contributed by atoms with Gasteiger partial charge in [-0.2, -0.15) is 5.10 Å². The molecule has 17 heavy (non-hydrogen) atoms. The van der Waals surface area contributed by atoms with Gasteiger partial charge in [0.05, 0.1) is 24.5 Å². The Bertz CT molecular complexity index is 449. The van der Waals surface area contributed by atoms with Gasteiger partial charge in [-0.05, 0) is 12.8 Å². The predicted molar refractivity (Wildman–Crippen MR) is 65.5 cm³/mol. The zero-order chi connectivity index (χ0) is 11.8. The van der Waals surface area contributed by atoms with E-state index < -0.39 is 0 Å². The van der Waals surface area contributed by atoms with E-state index in [4.69, 9.17) is 11.6 Å². The molecule has 0 bridgehead atoms. The van der Waals surface area contributed by atoms with E-state index in [9.17, 15) is 5.21 Å². The third kappa shape index (κ3) is 1.96. The fourth-order valence-corrected chi connectivity index (χ4v) is 2.89. The van der Waals surface area contributed by atoms with Gasteiger partial charge in [0.2, 0.25) is 0 Å². The van der Waals surface area contributed by atoms with Crippen molar-refractivity contribution in [1.29, 1.82) is 0 Å². The molecule has 2 aliphatic rings. The molecule has 92 valence electrons. The largest absolute Gasteiger partial charge is 0.287 e. The van der Waals surface area contributed by atoms with Crippen molar-refractivity contribution in [2.75, 3.05) is 0 Å². The van der Waals surface area contributed by atoms with Gasteiger partial charge < -0.3 is 0 Å². The van der Waals surface area contributed by atoms with Crippen LogP contribution in [0.2, 0.25) is 0 Å². The average molecular weight is 254 g/mol. The van der Waals surface area contributed by atoms with Crippen molar-refractivity contribution in [2.24, 2.45) is 0 Å². The van der Waals surface area contributed by atoms with Gasteiger partial charge >= 0.3 is 0 Å². The maximum Gasteiger partial charge on any atom is 0.131 e. The van der Waals surface area contributed by atoms with E-state index >= 15 is 0 Å². The van der Waals surface area contributed by atoms with Crippen molar-refractivity contribution >= 4 is 17.7 Å². The van der Waals surface area contributed by atoms with Crippen LogP contribution >= 0.6 is 11.6 Å². The zero-order valence-corrected chi connectivity index (χ0v) is 10.4. The summed E-state index contributed by atoms with van der Waals surface area (Å²) in [6.07, 6.45) is 9.94. The Morgan fingerprint density at radius 1 is 1.29 bits per heavy atom. The maximum atomic E-state index is 9.54. The lowest BCUT2D eigenvalue weighted by Crippen LogP contribution is -2.21. The normalized spacial score (nSPS) is 21.3. The topological polar surface area (TPSA) is 41.3 Å². The number of hydrogen-bond acceptors (Lipinski definition) is 3. The second-order valence-corrected chi connectivity index (χ2v) is 5.20. The molecule has 2 heterocycles. The SMILES string of the molecule is ON1Cc2cnn(C3CCCCC3)c2C=C1Cl. The van der Waals surface area contributed by atoms with Crippen LogP contribution in [0.15, 0.2) is 11.4 Å². The van der Waals surface area contributed by atoms with Crippen LogP contribution < -0.4 is 0 Å². The molecular formula is C12H16ClN3O. The number of nitrogens with zero attached hydrogens (tertiary/aromatic N) is 3. The second-order valence-electron chi connectivity index (χ2n) is 4.82. The molecule has 0 spiro atoms. The number of halogens is 1. The minimum atomic E-state index is 0.370. The lowest BCUT2D eigenvalue weighted by molar-refractivity contribution is -0.0554. The van der Waals surface area contributed by atoms with Gasteiger partial charge in [-0.15, -0.1) is 0 Å². The van der Waals surface area contributed by atoms with Gasteiger partial charge in [0, 0.05) is 11.6 Å². The van der Waals surface area contributed by atoms with Crippen LogP contribution in [0, 0.1) is 0 Å². The molecule has 0 aromatic carbocycles. The van der Waals surface area contributed by atoms with Gasteiger partial charge in [-0.3, -0.25) is 9.89 Å². The van der Waals surface area contributed by atoms with Crippen LogP contribution in [0.25, 0.3) is 6.08 Å². The van der Waals surface area contributed by atoms with Gasteiger partial charge in [0.15, 0.2) is 0 Å². The van der Waals surface area contributed by atoms with E-state index in [0.717, 1.165) is 16.3 Å². The molecule has 0 amide bonds. The fraction of sp³-hybridized carbons (Fsp3) is 0.583. The van der Waals surface area contributed by atoms with Crippen LogP contribution in [0.1, 0.15) is 49.4 Å². The Hall–Kier alpha value is -1.000. The number of hydroxylamine groups is 2. The van der Waals surface area contributed by atoms with Gasteiger partial charge in [0.1, 0.15) is 5.16 Å². The van der Waals surface area contributed by atoms with Gasteiger partial charge in [-0.1, -0.05) is 30.9 Å². The van der Waals surface area contributed by atoms with Crippen molar-refractivity contribution in [3.05, 3.63) is 22.6 Å². The van der Waals surface area contributed by atoms with Crippen LogP contribution in [0.3, 0.4) is 0 Å². The van der Waals surface area contributed by atoms with E-state index in [1.54, 1.807) is 0 Å². The molecule has 3 rings (SSSR count). The van der Waals surface area contributed by atoms with E-state index in [1.165, 1.54) is 32.1 Å². The molecule has 4 nitrogen and oxygen atoms in total. The first-order valence-electron chi connectivity index (χ1n) is 6.15. The van der Waals surface area contributed by atoms with Crippen LogP contribution in [0.5, 0.6) is 0 Å². The molecule has 1 aliphatic heterocycles. The van der Waals surface area contributed by atoms with Crippen LogP contribution in [-0.2, 0) is 6.54 Å². The van der Waals surface area contributed by atoms with E-state index in [1.807, 2.05) is 12.3 Å². The van der Waals surface area contributed by atoms with Crippen LogP contribution in [-0.4, -0.2) is 20.1 Å². The molecule has 1 fully saturated rings. The molecule has 0 radical (unpaired) electrons. The summed E-state index contributed by atoms with van der Waals surface area (Å²) < 4.78 is 2.09. The molecule has 1 N–H and O–H groups in total. The minimum Gasteiger partial charge on any atom is -0.287 e. The van der Waals surface area contributed by atoms with E-state index in [0.29, 0.717) is 17.7 Å². The van der Waals surface area contributed by atoms with E-state index in [-0.39, 0.29) is 0 Å². The summed E-state index contributed by atoms with van der Waals surface area (Å²) in [5.74, 6) is 0.